The second kappa shape index (κ2) is 8.24. The highest BCUT2D eigenvalue weighted by Crippen LogP contribution is 2.28. The Kier molecular flexibility index (Phi) is 5.53. The largest absolute Gasteiger partial charge is 0.508 e. The van der Waals surface area contributed by atoms with Crippen LogP contribution in [0.1, 0.15) is 38.3 Å². The van der Waals surface area contributed by atoms with Crippen LogP contribution in [0.25, 0.3) is 11.2 Å². The number of aromatic nitrogens is 4. The van der Waals surface area contributed by atoms with Crippen LogP contribution < -0.4 is 10.2 Å². The molecule has 2 aromatic heterocycles. The van der Waals surface area contributed by atoms with Gasteiger partial charge in [0.2, 0.25) is 5.95 Å². The first-order valence-electron chi connectivity index (χ1n) is 10.2. The van der Waals surface area contributed by atoms with Crippen LogP contribution >= 0.6 is 0 Å². The SMILES string of the molecule is CC(C)n1cnc2c(NCCc3ccc(O)cc3)nc(N3CCCC3CO)nc21. The van der Waals surface area contributed by atoms with Crippen molar-refractivity contribution < 1.29 is 10.2 Å². The van der Waals surface area contributed by atoms with Crippen LogP contribution in [-0.2, 0) is 6.42 Å². The molecule has 1 aromatic carbocycles. The Morgan fingerprint density at radius 2 is 2.00 bits per heavy atom. The Bertz CT molecular complexity index is 969. The monoisotopic (exact) mass is 396 g/mol. The van der Waals surface area contributed by atoms with Gasteiger partial charge in [0.25, 0.3) is 0 Å². The van der Waals surface area contributed by atoms with Gasteiger partial charge in [0.1, 0.15) is 5.75 Å². The molecule has 154 valence electrons. The van der Waals surface area contributed by atoms with Crippen molar-refractivity contribution in [3.63, 3.8) is 0 Å². The summed E-state index contributed by atoms with van der Waals surface area (Å²) in [5.41, 5.74) is 2.70. The van der Waals surface area contributed by atoms with E-state index in [-0.39, 0.29) is 24.4 Å². The number of aliphatic hydroxyl groups excluding tert-OH is 1. The van der Waals surface area contributed by atoms with E-state index in [1.807, 2.05) is 18.5 Å². The molecule has 1 unspecified atom stereocenters. The van der Waals surface area contributed by atoms with Gasteiger partial charge in [-0.05, 0) is 50.8 Å². The number of nitrogens with zero attached hydrogens (tertiary/aromatic N) is 5. The van der Waals surface area contributed by atoms with Gasteiger partial charge in [-0.15, -0.1) is 0 Å². The van der Waals surface area contributed by atoms with Crippen LogP contribution in [-0.4, -0.2) is 55.5 Å². The minimum atomic E-state index is 0.0627. The van der Waals surface area contributed by atoms with E-state index in [0.717, 1.165) is 42.5 Å². The van der Waals surface area contributed by atoms with Crippen molar-refractivity contribution >= 4 is 22.9 Å². The van der Waals surface area contributed by atoms with Crippen molar-refractivity contribution in [2.75, 3.05) is 29.9 Å². The molecule has 0 aliphatic carbocycles. The number of fused-ring (bicyclic) bond motifs is 1. The second-order valence-corrected chi connectivity index (χ2v) is 7.81. The molecule has 1 saturated heterocycles. The van der Waals surface area contributed by atoms with Crippen LogP contribution in [0.15, 0.2) is 30.6 Å². The lowest BCUT2D eigenvalue weighted by Crippen LogP contribution is -2.33. The first-order chi connectivity index (χ1) is 14.1. The Balaban J connectivity index is 1.63. The molecule has 0 bridgehead atoms. The standard InChI is InChI=1S/C21H28N6O2/c1-14(2)27-13-23-18-19(22-10-9-15-5-7-17(29)8-6-15)24-21(25-20(18)27)26-11-3-4-16(26)12-28/h5-8,13-14,16,28-29H,3-4,9-12H2,1-2H3,(H,22,24,25). The van der Waals surface area contributed by atoms with E-state index in [1.54, 1.807) is 12.1 Å². The Labute approximate surface area is 170 Å². The zero-order valence-corrected chi connectivity index (χ0v) is 16.9. The molecule has 1 aliphatic rings. The fraction of sp³-hybridized carbons (Fsp3) is 0.476. The molecule has 3 N–H and O–H groups in total. The third kappa shape index (κ3) is 3.98. The van der Waals surface area contributed by atoms with Crippen molar-refractivity contribution in [3.8, 4) is 5.75 Å². The Morgan fingerprint density at radius 3 is 2.72 bits per heavy atom. The molecular weight excluding hydrogens is 368 g/mol. The maximum absolute atomic E-state index is 9.72. The summed E-state index contributed by atoms with van der Waals surface area (Å²) < 4.78 is 2.05. The van der Waals surface area contributed by atoms with E-state index in [0.29, 0.717) is 18.3 Å². The maximum Gasteiger partial charge on any atom is 0.229 e. The fourth-order valence-corrected chi connectivity index (χ4v) is 3.81. The molecule has 1 aliphatic heterocycles. The van der Waals surface area contributed by atoms with Gasteiger partial charge >= 0.3 is 0 Å². The number of imidazole rings is 1. The fourth-order valence-electron chi connectivity index (χ4n) is 3.81. The molecule has 8 nitrogen and oxygen atoms in total. The molecule has 0 amide bonds. The zero-order chi connectivity index (χ0) is 20.4. The van der Waals surface area contributed by atoms with Crippen LogP contribution in [0, 0.1) is 0 Å². The molecule has 0 radical (unpaired) electrons. The number of hydrogen-bond donors (Lipinski definition) is 3. The second-order valence-electron chi connectivity index (χ2n) is 7.81. The topological polar surface area (TPSA) is 99.3 Å². The van der Waals surface area contributed by atoms with Gasteiger partial charge in [-0.2, -0.15) is 9.97 Å². The maximum atomic E-state index is 9.72. The van der Waals surface area contributed by atoms with Gasteiger partial charge < -0.3 is 25.0 Å². The summed E-state index contributed by atoms with van der Waals surface area (Å²) in [6.45, 7) is 5.85. The van der Waals surface area contributed by atoms with Crippen molar-refractivity contribution in [3.05, 3.63) is 36.2 Å². The van der Waals surface area contributed by atoms with Crippen LogP contribution in [0.3, 0.4) is 0 Å². The predicted octanol–water partition coefficient (Wildman–Crippen LogP) is 2.73. The molecule has 3 aromatic rings. The van der Waals surface area contributed by atoms with E-state index in [1.165, 1.54) is 0 Å². The Morgan fingerprint density at radius 1 is 1.21 bits per heavy atom. The van der Waals surface area contributed by atoms with E-state index in [4.69, 9.17) is 9.97 Å². The Hall–Kier alpha value is -2.87. The lowest BCUT2D eigenvalue weighted by atomic mass is 10.1. The van der Waals surface area contributed by atoms with Crippen LogP contribution in [0.2, 0.25) is 0 Å². The number of nitrogens with one attached hydrogen (secondary N) is 1. The van der Waals surface area contributed by atoms with Crippen molar-refractivity contribution in [1.82, 2.24) is 19.5 Å². The summed E-state index contributed by atoms with van der Waals surface area (Å²) in [5.74, 6) is 1.63. The van der Waals surface area contributed by atoms with Crippen LogP contribution in [0.5, 0.6) is 5.75 Å². The van der Waals surface area contributed by atoms with Crippen molar-refractivity contribution in [2.45, 2.75) is 45.2 Å². The van der Waals surface area contributed by atoms with Gasteiger partial charge in [0.05, 0.1) is 19.0 Å². The molecule has 1 atom stereocenters. The number of benzene rings is 1. The molecular formula is C21H28N6O2. The molecule has 1 fully saturated rings. The summed E-state index contributed by atoms with van der Waals surface area (Å²) >= 11 is 0. The predicted molar refractivity (Wildman–Crippen MR) is 113 cm³/mol. The first kappa shape index (κ1) is 19.4. The van der Waals surface area contributed by atoms with Crippen LogP contribution in [0.4, 0.5) is 11.8 Å². The lowest BCUT2D eigenvalue weighted by Gasteiger charge is -2.23. The van der Waals surface area contributed by atoms with Gasteiger partial charge in [0.15, 0.2) is 17.0 Å². The number of phenolic OH excluding ortho intramolecular Hbond substituents is 1. The van der Waals surface area contributed by atoms with Gasteiger partial charge in [0, 0.05) is 19.1 Å². The highest BCUT2D eigenvalue weighted by atomic mass is 16.3. The number of aromatic hydroxyl groups is 1. The molecule has 0 spiro atoms. The minimum Gasteiger partial charge on any atom is -0.508 e. The molecule has 8 heteroatoms. The number of phenols is 1. The van der Waals surface area contributed by atoms with Gasteiger partial charge in [-0.3, -0.25) is 0 Å². The van der Waals surface area contributed by atoms with Gasteiger partial charge in [-0.1, -0.05) is 12.1 Å². The quantitative estimate of drug-likeness (QED) is 0.565. The molecule has 4 rings (SSSR count). The third-order valence-electron chi connectivity index (χ3n) is 5.45. The van der Waals surface area contributed by atoms with E-state index in [9.17, 15) is 10.2 Å². The molecule has 3 heterocycles. The lowest BCUT2D eigenvalue weighted by molar-refractivity contribution is 0.265. The minimum absolute atomic E-state index is 0.0627. The summed E-state index contributed by atoms with van der Waals surface area (Å²) in [6, 6.07) is 7.53. The average molecular weight is 396 g/mol. The van der Waals surface area contributed by atoms with Gasteiger partial charge in [-0.25, -0.2) is 4.98 Å². The summed E-state index contributed by atoms with van der Waals surface area (Å²) in [4.78, 5) is 16.2. The molecule has 0 saturated carbocycles. The van der Waals surface area contributed by atoms with Crippen molar-refractivity contribution in [1.29, 1.82) is 0 Å². The average Bonchev–Trinajstić information content (AvgIpc) is 3.36. The van der Waals surface area contributed by atoms with Crippen molar-refractivity contribution in [2.24, 2.45) is 0 Å². The highest BCUT2D eigenvalue weighted by Gasteiger charge is 2.27. The smallest absolute Gasteiger partial charge is 0.229 e. The number of aliphatic hydroxyl groups is 1. The number of anilines is 2. The van der Waals surface area contributed by atoms with E-state index < -0.39 is 0 Å². The zero-order valence-electron chi connectivity index (χ0n) is 16.9. The third-order valence-corrected chi connectivity index (χ3v) is 5.45. The number of rotatable bonds is 7. The first-order valence-corrected chi connectivity index (χ1v) is 10.2. The summed E-state index contributed by atoms with van der Waals surface area (Å²) in [6.07, 6.45) is 4.59. The van der Waals surface area contributed by atoms with E-state index in [2.05, 4.69) is 33.6 Å². The highest BCUT2D eigenvalue weighted by molar-refractivity contribution is 5.84. The van der Waals surface area contributed by atoms with E-state index >= 15 is 0 Å². The summed E-state index contributed by atoms with van der Waals surface area (Å²) in [5, 5.41) is 22.6. The summed E-state index contributed by atoms with van der Waals surface area (Å²) in [7, 11) is 0. The normalized spacial score (nSPS) is 16.8. The number of hydrogen-bond acceptors (Lipinski definition) is 7. The molecule has 29 heavy (non-hydrogen) atoms.